The van der Waals surface area contributed by atoms with Crippen LogP contribution in [0.15, 0.2) is 28.2 Å². The summed E-state index contributed by atoms with van der Waals surface area (Å²) in [6.45, 7) is 6.67. The number of carbonyl (C=O) groups is 1. The second-order valence-electron chi connectivity index (χ2n) is 7.16. The maximum absolute atomic E-state index is 13.0. The zero-order valence-corrected chi connectivity index (χ0v) is 17.9. The standard InChI is InChI=1S/C20H26ClN3O3S/c1-14(2)27-11-5-10-24-19(26)16-7-6-15(21)12-17(16)22-20(24)28-13-18(25)23-8-3-4-9-23/h6-7,12,14H,3-5,8-11,13H2,1-2H3. The molecule has 1 aromatic heterocycles. The van der Waals surface area contributed by atoms with Crippen LogP contribution in [0.1, 0.15) is 33.1 Å². The SMILES string of the molecule is CC(C)OCCCn1c(SCC(=O)N2CCCC2)nc2cc(Cl)ccc2c1=O. The van der Waals surface area contributed by atoms with E-state index >= 15 is 0 Å². The summed E-state index contributed by atoms with van der Waals surface area (Å²) in [5, 5.41) is 1.62. The zero-order chi connectivity index (χ0) is 20.1. The number of likely N-dealkylation sites (tertiary alicyclic amines) is 1. The zero-order valence-electron chi connectivity index (χ0n) is 16.3. The monoisotopic (exact) mass is 423 g/mol. The molecule has 152 valence electrons. The first-order valence-electron chi connectivity index (χ1n) is 9.68. The van der Waals surface area contributed by atoms with E-state index in [1.165, 1.54) is 11.8 Å². The van der Waals surface area contributed by atoms with E-state index in [1.54, 1.807) is 22.8 Å². The van der Waals surface area contributed by atoms with Gasteiger partial charge in [0.25, 0.3) is 5.56 Å². The smallest absolute Gasteiger partial charge is 0.262 e. The Morgan fingerprint density at radius 2 is 2.07 bits per heavy atom. The van der Waals surface area contributed by atoms with Crippen LogP contribution >= 0.6 is 23.4 Å². The lowest BCUT2D eigenvalue weighted by Gasteiger charge is -2.17. The van der Waals surface area contributed by atoms with Gasteiger partial charge in [0.1, 0.15) is 0 Å². The Bertz CT molecular complexity index is 894. The number of benzene rings is 1. The van der Waals surface area contributed by atoms with Gasteiger partial charge in [0.15, 0.2) is 5.16 Å². The molecule has 2 heterocycles. The molecule has 1 aliphatic heterocycles. The Balaban J connectivity index is 1.82. The van der Waals surface area contributed by atoms with E-state index in [1.807, 2.05) is 18.7 Å². The molecule has 0 atom stereocenters. The highest BCUT2D eigenvalue weighted by molar-refractivity contribution is 7.99. The molecule has 0 saturated carbocycles. The van der Waals surface area contributed by atoms with E-state index < -0.39 is 0 Å². The molecule has 0 radical (unpaired) electrons. The summed E-state index contributed by atoms with van der Waals surface area (Å²) in [6, 6.07) is 5.09. The van der Waals surface area contributed by atoms with E-state index in [0.717, 1.165) is 25.9 Å². The third-order valence-electron chi connectivity index (χ3n) is 4.64. The molecule has 0 bridgehead atoms. The average molecular weight is 424 g/mol. The number of thioether (sulfide) groups is 1. The molecule has 2 aromatic rings. The predicted octanol–water partition coefficient (Wildman–Crippen LogP) is 3.58. The van der Waals surface area contributed by atoms with E-state index in [-0.39, 0.29) is 23.3 Å². The molecule has 28 heavy (non-hydrogen) atoms. The van der Waals surface area contributed by atoms with Gasteiger partial charge in [0.2, 0.25) is 5.91 Å². The third-order valence-corrected chi connectivity index (χ3v) is 5.84. The Labute approximate surface area is 174 Å². The lowest BCUT2D eigenvalue weighted by molar-refractivity contribution is -0.127. The van der Waals surface area contributed by atoms with Gasteiger partial charge in [0, 0.05) is 31.3 Å². The number of amides is 1. The molecule has 6 nitrogen and oxygen atoms in total. The minimum absolute atomic E-state index is 0.0950. The number of aromatic nitrogens is 2. The number of halogens is 1. The van der Waals surface area contributed by atoms with Crippen molar-refractivity contribution in [2.24, 2.45) is 0 Å². The van der Waals surface area contributed by atoms with E-state index in [2.05, 4.69) is 4.98 Å². The third kappa shape index (κ3) is 5.27. The second kappa shape index (κ2) is 9.76. The molecule has 0 spiro atoms. The molecule has 8 heteroatoms. The average Bonchev–Trinajstić information content (AvgIpc) is 3.19. The molecule has 0 aliphatic carbocycles. The second-order valence-corrected chi connectivity index (χ2v) is 8.54. The van der Waals surface area contributed by atoms with Crippen LogP contribution in [0.2, 0.25) is 5.02 Å². The molecule has 1 aromatic carbocycles. The summed E-state index contributed by atoms with van der Waals surface area (Å²) in [4.78, 5) is 32.0. The van der Waals surface area contributed by atoms with Crippen LogP contribution < -0.4 is 5.56 Å². The fourth-order valence-corrected chi connectivity index (χ4v) is 4.30. The molecular weight excluding hydrogens is 398 g/mol. The first-order valence-corrected chi connectivity index (χ1v) is 11.0. The molecule has 1 saturated heterocycles. The highest BCUT2D eigenvalue weighted by Crippen LogP contribution is 2.22. The lowest BCUT2D eigenvalue weighted by atomic mass is 10.2. The van der Waals surface area contributed by atoms with Gasteiger partial charge in [-0.3, -0.25) is 14.2 Å². The maximum Gasteiger partial charge on any atom is 0.262 e. The van der Waals surface area contributed by atoms with Crippen molar-refractivity contribution >= 4 is 40.2 Å². The van der Waals surface area contributed by atoms with Crippen LogP contribution in [0.3, 0.4) is 0 Å². The predicted molar refractivity (Wildman–Crippen MR) is 113 cm³/mol. The molecule has 0 N–H and O–H groups in total. The summed E-state index contributed by atoms with van der Waals surface area (Å²) < 4.78 is 7.25. The van der Waals surface area contributed by atoms with Crippen LogP contribution in [0, 0.1) is 0 Å². The Kier molecular flexibility index (Phi) is 7.37. The van der Waals surface area contributed by atoms with Crippen LogP contribution in [-0.2, 0) is 16.1 Å². The number of fused-ring (bicyclic) bond motifs is 1. The summed E-state index contributed by atoms with van der Waals surface area (Å²) >= 11 is 7.39. The van der Waals surface area contributed by atoms with Crippen LogP contribution in [0.5, 0.6) is 0 Å². The van der Waals surface area contributed by atoms with Gasteiger partial charge >= 0.3 is 0 Å². The first kappa shape index (κ1) is 21.1. The number of hydrogen-bond acceptors (Lipinski definition) is 5. The van der Waals surface area contributed by atoms with Crippen LogP contribution in [0.25, 0.3) is 10.9 Å². The van der Waals surface area contributed by atoms with Crippen molar-refractivity contribution in [2.75, 3.05) is 25.4 Å². The quantitative estimate of drug-likeness (QED) is 0.369. The van der Waals surface area contributed by atoms with Crippen molar-refractivity contribution in [2.45, 2.75) is 50.9 Å². The van der Waals surface area contributed by atoms with Gasteiger partial charge in [-0.25, -0.2) is 4.98 Å². The lowest BCUT2D eigenvalue weighted by Crippen LogP contribution is -2.30. The summed E-state index contributed by atoms with van der Waals surface area (Å²) in [5.41, 5.74) is 0.450. The van der Waals surface area contributed by atoms with E-state index in [0.29, 0.717) is 40.7 Å². The Hall–Kier alpha value is -1.57. The highest BCUT2D eigenvalue weighted by Gasteiger charge is 2.19. The normalized spacial score (nSPS) is 14.4. The van der Waals surface area contributed by atoms with Gasteiger partial charge in [-0.1, -0.05) is 23.4 Å². The molecular formula is C20H26ClN3O3S. The van der Waals surface area contributed by atoms with Gasteiger partial charge in [0.05, 0.1) is 22.8 Å². The maximum atomic E-state index is 13.0. The van der Waals surface area contributed by atoms with Crippen molar-refractivity contribution in [1.82, 2.24) is 14.5 Å². The van der Waals surface area contributed by atoms with Gasteiger partial charge < -0.3 is 9.64 Å². The number of hydrogen-bond donors (Lipinski definition) is 0. The molecule has 1 amide bonds. The van der Waals surface area contributed by atoms with Crippen LogP contribution in [0.4, 0.5) is 0 Å². The molecule has 1 fully saturated rings. The van der Waals surface area contributed by atoms with Crippen molar-refractivity contribution in [3.63, 3.8) is 0 Å². The Morgan fingerprint density at radius 3 is 2.79 bits per heavy atom. The minimum Gasteiger partial charge on any atom is -0.379 e. The highest BCUT2D eigenvalue weighted by atomic mass is 35.5. The van der Waals surface area contributed by atoms with Crippen LogP contribution in [-0.4, -0.2) is 51.9 Å². The fourth-order valence-electron chi connectivity index (χ4n) is 3.21. The topological polar surface area (TPSA) is 64.4 Å². The minimum atomic E-state index is -0.109. The van der Waals surface area contributed by atoms with Crippen molar-refractivity contribution < 1.29 is 9.53 Å². The molecule has 3 rings (SSSR count). The first-order chi connectivity index (χ1) is 13.5. The largest absolute Gasteiger partial charge is 0.379 e. The summed E-state index contributed by atoms with van der Waals surface area (Å²) in [7, 11) is 0. The van der Waals surface area contributed by atoms with E-state index in [9.17, 15) is 9.59 Å². The van der Waals surface area contributed by atoms with Gasteiger partial charge in [-0.05, 0) is 51.3 Å². The molecule has 1 aliphatic rings. The van der Waals surface area contributed by atoms with Crippen molar-refractivity contribution in [3.8, 4) is 0 Å². The number of ether oxygens (including phenoxy) is 1. The van der Waals surface area contributed by atoms with E-state index in [4.69, 9.17) is 16.3 Å². The number of nitrogens with zero attached hydrogens (tertiary/aromatic N) is 3. The summed E-state index contributed by atoms with van der Waals surface area (Å²) in [5.74, 6) is 0.374. The number of rotatable bonds is 8. The van der Waals surface area contributed by atoms with Gasteiger partial charge in [-0.2, -0.15) is 0 Å². The van der Waals surface area contributed by atoms with Gasteiger partial charge in [-0.15, -0.1) is 0 Å². The number of carbonyl (C=O) groups excluding carboxylic acids is 1. The Morgan fingerprint density at radius 1 is 1.32 bits per heavy atom. The summed E-state index contributed by atoms with van der Waals surface area (Å²) in [6.07, 6.45) is 2.97. The van der Waals surface area contributed by atoms with Crippen molar-refractivity contribution in [3.05, 3.63) is 33.6 Å². The fraction of sp³-hybridized carbons (Fsp3) is 0.550. The van der Waals surface area contributed by atoms with Crippen molar-refractivity contribution in [1.29, 1.82) is 0 Å². The molecule has 0 unspecified atom stereocenters.